The highest BCUT2D eigenvalue weighted by Crippen LogP contribution is 2.05. The van der Waals surface area contributed by atoms with Crippen molar-refractivity contribution in [2.24, 2.45) is 0 Å². The fourth-order valence-electron chi connectivity index (χ4n) is 0.957. The Kier molecular flexibility index (Phi) is 1.09. The molecule has 2 rings (SSSR count). The van der Waals surface area contributed by atoms with Crippen LogP contribution in [-0.4, -0.2) is 21.1 Å². The van der Waals surface area contributed by atoms with Crippen LogP contribution in [0.3, 0.4) is 0 Å². The molecule has 0 atom stereocenters. The maximum atomic E-state index is 10.9. The highest BCUT2D eigenvalue weighted by atomic mass is 16.5. The summed E-state index contributed by atoms with van der Waals surface area (Å²) < 4.78 is 6.17. The summed E-state index contributed by atoms with van der Waals surface area (Å²) >= 11 is 0. The molecule has 0 aromatic carbocycles. The zero-order valence-corrected chi connectivity index (χ0v) is 5.53. The first-order valence-corrected chi connectivity index (χ1v) is 3.11. The Hall–Kier alpha value is -1.59. The molecule has 0 spiro atoms. The lowest BCUT2D eigenvalue weighted by Gasteiger charge is -1.94. The van der Waals surface area contributed by atoms with Gasteiger partial charge in [0, 0.05) is 0 Å². The van der Waals surface area contributed by atoms with Gasteiger partial charge in [0.2, 0.25) is 0 Å². The van der Waals surface area contributed by atoms with Crippen LogP contribution in [0, 0.1) is 0 Å². The highest BCUT2D eigenvalue weighted by Gasteiger charge is 2.14. The molecule has 0 bridgehead atoms. The van der Waals surface area contributed by atoms with E-state index in [0.29, 0.717) is 13.2 Å². The number of aromatic amines is 1. The summed E-state index contributed by atoms with van der Waals surface area (Å²) in [6.45, 7) is 0.859. The normalized spacial score (nSPS) is 14.2. The van der Waals surface area contributed by atoms with E-state index in [2.05, 4.69) is 4.98 Å². The molecule has 6 nitrogen and oxygen atoms in total. The molecule has 58 valence electrons. The zero-order chi connectivity index (χ0) is 7.84. The van der Waals surface area contributed by atoms with Gasteiger partial charge >= 0.3 is 17.4 Å². The molecule has 0 saturated carbocycles. The number of nitrogens with zero attached hydrogens (tertiary/aromatic N) is 2. The number of fused-ring (bicyclic) bond motifs is 1. The summed E-state index contributed by atoms with van der Waals surface area (Å²) in [6.07, 6.45) is 0. The van der Waals surface area contributed by atoms with E-state index in [4.69, 9.17) is 4.74 Å². The summed E-state index contributed by atoms with van der Waals surface area (Å²) in [5.74, 6) is 0. The van der Waals surface area contributed by atoms with Crippen LogP contribution in [0.25, 0.3) is 0 Å². The zero-order valence-electron chi connectivity index (χ0n) is 5.53. The van der Waals surface area contributed by atoms with Gasteiger partial charge in [-0.2, -0.15) is 0 Å². The predicted molar refractivity (Wildman–Crippen MR) is 34.6 cm³/mol. The van der Waals surface area contributed by atoms with E-state index in [0.717, 1.165) is 0 Å². The molecule has 0 saturated heterocycles. The second kappa shape index (κ2) is 1.94. The van der Waals surface area contributed by atoms with Crippen molar-refractivity contribution in [3.8, 4) is 6.01 Å². The molecule has 1 aliphatic heterocycles. The van der Waals surface area contributed by atoms with E-state index in [1.54, 1.807) is 0 Å². The van der Waals surface area contributed by atoms with Gasteiger partial charge in [0.15, 0.2) is 0 Å². The van der Waals surface area contributed by atoms with Crippen molar-refractivity contribution in [2.75, 3.05) is 6.61 Å². The summed E-state index contributed by atoms with van der Waals surface area (Å²) in [5.41, 5.74) is -1.12. The monoisotopic (exact) mass is 155 g/mol. The van der Waals surface area contributed by atoms with Crippen LogP contribution in [-0.2, 0) is 6.54 Å². The molecule has 11 heavy (non-hydrogen) atoms. The van der Waals surface area contributed by atoms with Crippen molar-refractivity contribution >= 4 is 0 Å². The van der Waals surface area contributed by atoms with Crippen molar-refractivity contribution in [3.05, 3.63) is 21.0 Å². The lowest BCUT2D eigenvalue weighted by molar-refractivity contribution is 0.343. The molecule has 0 aliphatic carbocycles. The second-order valence-electron chi connectivity index (χ2n) is 2.13. The molecule has 1 aromatic heterocycles. The molecule has 6 heteroatoms. The Labute approximate surface area is 60.5 Å². The van der Waals surface area contributed by atoms with E-state index in [-0.39, 0.29) is 6.01 Å². The second-order valence-corrected chi connectivity index (χ2v) is 2.13. The molecular formula is C5H5N3O3. The van der Waals surface area contributed by atoms with Gasteiger partial charge in [0.1, 0.15) is 6.61 Å². The van der Waals surface area contributed by atoms with Gasteiger partial charge in [0.05, 0.1) is 6.54 Å². The van der Waals surface area contributed by atoms with E-state index in [1.165, 1.54) is 4.57 Å². The van der Waals surface area contributed by atoms with Crippen LogP contribution in [0.2, 0.25) is 0 Å². The Bertz CT molecular complexity index is 391. The molecule has 0 unspecified atom stereocenters. The van der Waals surface area contributed by atoms with Gasteiger partial charge in [-0.25, -0.2) is 14.2 Å². The molecule has 0 radical (unpaired) electrons. The molecule has 0 amide bonds. The quantitative estimate of drug-likeness (QED) is 0.485. The maximum absolute atomic E-state index is 10.9. The molecule has 0 fully saturated rings. The molecule has 2 heterocycles. The van der Waals surface area contributed by atoms with E-state index < -0.39 is 11.4 Å². The summed E-state index contributed by atoms with van der Waals surface area (Å²) in [4.78, 5) is 27.0. The summed E-state index contributed by atoms with van der Waals surface area (Å²) in [7, 11) is 0. The van der Waals surface area contributed by atoms with Gasteiger partial charge in [0.25, 0.3) is 0 Å². The maximum Gasteiger partial charge on any atom is 0.353 e. The number of hydrogen-bond donors (Lipinski definition) is 1. The highest BCUT2D eigenvalue weighted by molar-refractivity contribution is 4.96. The number of ether oxygens (including phenoxy) is 1. The first-order chi connectivity index (χ1) is 5.27. The Morgan fingerprint density at radius 1 is 1.55 bits per heavy atom. The van der Waals surface area contributed by atoms with E-state index in [1.807, 2.05) is 4.98 Å². The topological polar surface area (TPSA) is 77.0 Å². The number of rotatable bonds is 0. The SMILES string of the molecule is O=c1nc2n(c(=O)[nH]1)CCO2. The van der Waals surface area contributed by atoms with Gasteiger partial charge in [-0.3, -0.25) is 4.98 Å². The Morgan fingerprint density at radius 3 is 3.18 bits per heavy atom. The predicted octanol–water partition coefficient (Wildman–Crippen LogP) is -1.68. The van der Waals surface area contributed by atoms with Crippen molar-refractivity contribution < 1.29 is 4.74 Å². The molecule has 1 aromatic rings. The Morgan fingerprint density at radius 2 is 2.36 bits per heavy atom. The average molecular weight is 155 g/mol. The number of hydrogen-bond acceptors (Lipinski definition) is 4. The fraction of sp³-hybridized carbons (Fsp3) is 0.400. The molecule has 1 aliphatic rings. The first kappa shape index (κ1) is 6.14. The smallest absolute Gasteiger partial charge is 0.353 e. The van der Waals surface area contributed by atoms with E-state index >= 15 is 0 Å². The minimum Gasteiger partial charge on any atom is -0.463 e. The van der Waals surface area contributed by atoms with Crippen LogP contribution in [0.15, 0.2) is 9.59 Å². The van der Waals surface area contributed by atoms with Crippen LogP contribution in [0.4, 0.5) is 0 Å². The van der Waals surface area contributed by atoms with E-state index in [9.17, 15) is 9.59 Å². The minimum absolute atomic E-state index is 0.110. The van der Waals surface area contributed by atoms with Crippen molar-refractivity contribution in [1.82, 2.24) is 14.5 Å². The van der Waals surface area contributed by atoms with Crippen LogP contribution in [0.1, 0.15) is 0 Å². The van der Waals surface area contributed by atoms with Gasteiger partial charge in [-0.1, -0.05) is 0 Å². The lowest BCUT2D eigenvalue weighted by atomic mass is 10.7. The van der Waals surface area contributed by atoms with Gasteiger partial charge in [-0.05, 0) is 0 Å². The third-order valence-corrected chi connectivity index (χ3v) is 1.43. The average Bonchev–Trinajstić information content (AvgIpc) is 2.34. The first-order valence-electron chi connectivity index (χ1n) is 3.11. The third-order valence-electron chi connectivity index (χ3n) is 1.43. The van der Waals surface area contributed by atoms with Crippen molar-refractivity contribution in [1.29, 1.82) is 0 Å². The lowest BCUT2D eigenvalue weighted by Crippen LogP contribution is -2.29. The summed E-state index contributed by atoms with van der Waals surface area (Å²) in [6, 6.07) is 0.110. The van der Waals surface area contributed by atoms with Crippen molar-refractivity contribution in [2.45, 2.75) is 6.54 Å². The Balaban J connectivity index is 2.80. The number of nitrogens with one attached hydrogen (secondary N) is 1. The standard InChI is InChI=1S/C5H5N3O3/c9-3-6-4(10)8-1-2-11-5(8)7-3/h1-2H2,(H,6,9,10). The third kappa shape index (κ3) is 0.830. The minimum atomic E-state index is -0.664. The fourth-order valence-corrected chi connectivity index (χ4v) is 0.957. The van der Waals surface area contributed by atoms with Crippen LogP contribution < -0.4 is 16.1 Å². The van der Waals surface area contributed by atoms with Gasteiger partial charge in [-0.15, -0.1) is 4.98 Å². The van der Waals surface area contributed by atoms with Crippen molar-refractivity contribution in [3.63, 3.8) is 0 Å². The summed E-state index contributed by atoms with van der Waals surface area (Å²) in [5, 5.41) is 0. The van der Waals surface area contributed by atoms with Gasteiger partial charge < -0.3 is 4.74 Å². The largest absolute Gasteiger partial charge is 0.463 e. The number of H-pyrrole nitrogens is 1. The van der Waals surface area contributed by atoms with Crippen LogP contribution in [0.5, 0.6) is 6.01 Å². The molecule has 1 N–H and O–H groups in total. The molecular weight excluding hydrogens is 150 g/mol. The van der Waals surface area contributed by atoms with Crippen LogP contribution >= 0.6 is 0 Å². The number of aromatic nitrogens is 3.